The van der Waals surface area contributed by atoms with Gasteiger partial charge in [-0.05, 0) is 64.3 Å². The molecule has 2 rings (SSSR count). The Kier molecular flexibility index (Phi) is 5.00. The number of rotatable bonds is 5. The molecule has 1 N–H and O–H groups in total. The Balaban J connectivity index is 1.77. The second-order valence-electron chi connectivity index (χ2n) is 6.30. The highest BCUT2D eigenvalue weighted by Gasteiger charge is 2.23. The van der Waals surface area contributed by atoms with Crippen LogP contribution in [0.3, 0.4) is 0 Å². The van der Waals surface area contributed by atoms with Gasteiger partial charge in [0.05, 0.1) is 0 Å². The minimum absolute atomic E-state index is 0.698. The van der Waals surface area contributed by atoms with Crippen molar-refractivity contribution in [1.29, 1.82) is 0 Å². The van der Waals surface area contributed by atoms with E-state index in [1.807, 2.05) is 0 Å². The molecule has 1 atom stereocenters. The first-order chi connectivity index (χ1) is 9.06. The third-order valence-electron chi connectivity index (χ3n) is 4.30. The summed E-state index contributed by atoms with van der Waals surface area (Å²) in [6, 6.07) is 7.42. The smallest absolute Gasteiger partial charge is 0.0208 e. The minimum Gasteiger partial charge on any atom is -0.312 e. The van der Waals surface area contributed by atoms with E-state index < -0.39 is 0 Å². The van der Waals surface area contributed by atoms with E-state index in [4.69, 9.17) is 0 Å². The number of nitrogens with one attached hydrogen (secondary N) is 1. The summed E-state index contributed by atoms with van der Waals surface area (Å²) in [4.78, 5) is 2.59. The lowest BCUT2D eigenvalue weighted by Gasteiger charge is -2.20. The molecule has 1 heterocycles. The Bertz CT molecular complexity index is 412. The van der Waals surface area contributed by atoms with Crippen molar-refractivity contribution in [1.82, 2.24) is 10.2 Å². The summed E-state index contributed by atoms with van der Waals surface area (Å²) >= 11 is 0. The van der Waals surface area contributed by atoms with Gasteiger partial charge < -0.3 is 10.2 Å². The topological polar surface area (TPSA) is 15.3 Å². The summed E-state index contributed by atoms with van der Waals surface area (Å²) in [5, 5.41) is 3.64. The molecule has 1 aromatic rings. The number of aryl methyl sites for hydroxylation is 2. The van der Waals surface area contributed by atoms with Crippen LogP contribution in [0.5, 0.6) is 0 Å². The van der Waals surface area contributed by atoms with Gasteiger partial charge in [-0.1, -0.05) is 23.8 Å². The van der Waals surface area contributed by atoms with Gasteiger partial charge >= 0.3 is 0 Å². The molecule has 0 saturated carbocycles. The molecule has 0 radical (unpaired) electrons. The molecule has 0 bridgehead atoms. The SMILES string of the molecule is Cc1ccc(C)c(CNCC2CCN(C(C)C)C2)c1. The fourth-order valence-electron chi connectivity index (χ4n) is 2.90. The van der Waals surface area contributed by atoms with E-state index in [1.165, 1.54) is 36.2 Å². The largest absolute Gasteiger partial charge is 0.312 e. The van der Waals surface area contributed by atoms with Gasteiger partial charge in [0.1, 0.15) is 0 Å². The third-order valence-corrected chi connectivity index (χ3v) is 4.30. The maximum Gasteiger partial charge on any atom is 0.0208 e. The summed E-state index contributed by atoms with van der Waals surface area (Å²) in [6.45, 7) is 13.7. The molecule has 0 amide bonds. The molecule has 1 fully saturated rings. The van der Waals surface area contributed by atoms with E-state index in [-0.39, 0.29) is 0 Å². The van der Waals surface area contributed by atoms with Crippen molar-refractivity contribution in [2.45, 2.75) is 46.7 Å². The zero-order valence-corrected chi connectivity index (χ0v) is 12.9. The van der Waals surface area contributed by atoms with E-state index in [9.17, 15) is 0 Å². The maximum atomic E-state index is 3.64. The second kappa shape index (κ2) is 6.53. The monoisotopic (exact) mass is 260 g/mol. The van der Waals surface area contributed by atoms with Crippen LogP contribution in [0.1, 0.15) is 37.0 Å². The Morgan fingerprint density at radius 2 is 2.11 bits per heavy atom. The third kappa shape index (κ3) is 4.05. The average molecular weight is 260 g/mol. The quantitative estimate of drug-likeness (QED) is 0.875. The first-order valence-corrected chi connectivity index (χ1v) is 7.57. The molecule has 1 aromatic carbocycles. The molecule has 0 spiro atoms. The summed E-state index contributed by atoms with van der Waals surface area (Å²) in [6.07, 6.45) is 1.35. The van der Waals surface area contributed by atoms with Crippen LogP contribution >= 0.6 is 0 Å². The second-order valence-corrected chi connectivity index (χ2v) is 6.30. The Hall–Kier alpha value is -0.860. The highest BCUT2D eigenvalue weighted by atomic mass is 15.2. The highest BCUT2D eigenvalue weighted by molar-refractivity contribution is 5.30. The molecular weight excluding hydrogens is 232 g/mol. The number of hydrogen-bond acceptors (Lipinski definition) is 2. The van der Waals surface area contributed by atoms with Crippen LogP contribution in [0.25, 0.3) is 0 Å². The number of likely N-dealkylation sites (tertiary alicyclic amines) is 1. The fourth-order valence-corrected chi connectivity index (χ4v) is 2.90. The van der Waals surface area contributed by atoms with Crippen molar-refractivity contribution < 1.29 is 0 Å². The standard InChI is InChI=1S/C17H28N2/c1-13(2)19-8-7-16(12-19)10-18-11-17-9-14(3)5-6-15(17)4/h5-6,9,13,16,18H,7-8,10-12H2,1-4H3. The zero-order chi connectivity index (χ0) is 13.8. The predicted molar refractivity (Wildman–Crippen MR) is 82.4 cm³/mol. The lowest BCUT2D eigenvalue weighted by molar-refractivity contribution is 0.264. The van der Waals surface area contributed by atoms with Crippen molar-refractivity contribution in [3.8, 4) is 0 Å². The van der Waals surface area contributed by atoms with Crippen LogP contribution in [-0.2, 0) is 6.54 Å². The van der Waals surface area contributed by atoms with Gasteiger partial charge in [0, 0.05) is 19.1 Å². The van der Waals surface area contributed by atoms with Crippen LogP contribution in [0.2, 0.25) is 0 Å². The van der Waals surface area contributed by atoms with Crippen LogP contribution in [-0.4, -0.2) is 30.6 Å². The summed E-state index contributed by atoms with van der Waals surface area (Å²) in [7, 11) is 0. The summed E-state index contributed by atoms with van der Waals surface area (Å²) in [5.41, 5.74) is 4.20. The van der Waals surface area contributed by atoms with Gasteiger partial charge in [-0.25, -0.2) is 0 Å². The van der Waals surface area contributed by atoms with Gasteiger partial charge in [0.2, 0.25) is 0 Å². The van der Waals surface area contributed by atoms with Crippen molar-refractivity contribution in [2.75, 3.05) is 19.6 Å². The molecule has 1 aliphatic rings. The predicted octanol–water partition coefficient (Wildman–Crippen LogP) is 3.12. The Morgan fingerprint density at radius 3 is 2.79 bits per heavy atom. The molecule has 2 nitrogen and oxygen atoms in total. The molecular formula is C17H28N2. The van der Waals surface area contributed by atoms with E-state index in [0.717, 1.165) is 19.0 Å². The normalized spacial score (nSPS) is 20.4. The van der Waals surface area contributed by atoms with Gasteiger partial charge in [-0.15, -0.1) is 0 Å². The van der Waals surface area contributed by atoms with E-state index >= 15 is 0 Å². The minimum atomic E-state index is 0.698. The lowest BCUT2D eigenvalue weighted by atomic mass is 10.1. The Labute approximate surface area is 118 Å². The maximum absolute atomic E-state index is 3.64. The molecule has 1 aliphatic heterocycles. The van der Waals surface area contributed by atoms with Gasteiger partial charge in [0.25, 0.3) is 0 Å². The molecule has 19 heavy (non-hydrogen) atoms. The van der Waals surface area contributed by atoms with Gasteiger partial charge in [-0.3, -0.25) is 0 Å². The fraction of sp³-hybridized carbons (Fsp3) is 0.647. The highest BCUT2D eigenvalue weighted by Crippen LogP contribution is 2.18. The van der Waals surface area contributed by atoms with Gasteiger partial charge in [0.15, 0.2) is 0 Å². The first-order valence-electron chi connectivity index (χ1n) is 7.57. The Morgan fingerprint density at radius 1 is 1.32 bits per heavy atom. The van der Waals surface area contributed by atoms with Crippen LogP contribution in [0.15, 0.2) is 18.2 Å². The first kappa shape index (κ1) is 14.5. The van der Waals surface area contributed by atoms with Crippen molar-refractivity contribution >= 4 is 0 Å². The van der Waals surface area contributed by atoms with E-state index in [0.29, 0.717) is 6.04 Å². The summed E-state index contributed by atoms with van der Waals surface area (Å²) in [5.74, 6) is 0.826. The average Bonchev–Trinajstić information content (AvgIpc) is 2.82. The molecule has 1 saturated heterocycles. The zero-order valence-electron chi connectivity index (χ0n) is 12.9. The molecule has 106 valence electrons. The van der Waals surface area contributed by atoms with Crippen molar-refractivity contribution in [3.05, 3.63) is 34.9 Å². The van der Waals surface area contributed by atoms with Gasteiger partial charge in [-0.2, -0.15) is 0 Å². The van der Waals surface area contributed by atoms with Crippen molar-refractivity contribution in [3.63, 3.8) is 0 Å². The molecule has 0 aliphatic carbocycles. The van der Waals surface area contributed by atoms with E-state index in [2.05, 4.69) is 56.1 Å². The molecule has 2 heteroatoms. The van der Waals surface area contributed by atoms with E-state index in [1.54, 1.807) is 0 Å². The molecule has 0 aromatic heterocycles. The number of nitrogens with zero attached hydrogens (tertiary/aromatic N) is 1. The summed E-state index contributed by atoms with van der Waals surface area (Å²) < 4.78 is 0. The number of benzene rings is 1. The van der Waals surface area contributed by atoms with Crippen LogP contribution in [0.4, 0.5) is 0 Å². The van der Waals surface area contributed by atoms with Crippen molar-refractivity contribution in [2.24, 2.45) is 5.92 Å². The molecule has 1 unspecified atom stereocenters. The number of hydrogen-bond donors (Lipinski definition) is 1. The van der Waals surface area contributed by atoms with Crippen LogP contribution in [0, 0.1) is 19.8 Å². The lowest BCUT2D eigenvalue weighted by Crippen LogP contribution is -2.30. The van der Waals surface area contributed by atoms with Crippen LogP contribution < -0.4 is 5.32 Å².